The monoisotopic (exact) mass is 272 g/mol. The largest absolute Gasteiger partial charge is 0.464 e. The van der Waals surface area contributed by atoms with Crippen LogP contribution in [0.2, 0.25) is 0 Å². The molecule has 6 heteroatoms. The van der Waals surface area contributed by atoms with Crippen LogP contribution in [0.5, 0.6) is 0 Å². The molecule has 0 aliphatic rings. The predicted molar refractivity (Wildman–Crippen MR) is 71.4 cm³/mol. The van der Waals surface area contributed by atoms with Gasteiger partial charge in [0.15, 0.2) is 0 Å². The van der Waals surface area contributed by atoms with E-state index in [2.05, 4.69) is 5.43 Å². The lowest BCUT2D eigenvalue weighted by Crippen LogP contribution is -2.46. The quantitative estimate of drug-likeness (QED) is 0.375. The van der Waals surface area contributed by atoms with Crippen molar-refractivity contribution >= 4 is 18.3 Å². The Balaban J connectivity index is 4.27. The van der Waals surface area contributed by atoms with E-state index in [4.69, 9.17) is 5.11 Å². The lowest BCUT2D eigenvalue weighted by Gasteiger charge is -2.29. The second kappa shape index (κ2) is 8.50. The van der Waals surface area contributed by atoms with E-state index in [1.54, 1.807) is 0 Å². The van der Waals surface area contributed by atoms with E-state index in [-0.39, 0.29) is 17.2 Å². The molecule has 0 aromatic carbocycles. The molecule has 0 radical (unpaired) electrons. The van der Waals surface area contributed by atoms with E-state index >= 15 is 0 Å². The van der Waals surface area contributed by atoms with Gasteiger partial charge in [0.1, 0.15) is 6.29 Å². The van der Waals surface area contributed by atoms with E-state index in [1.165, 1.54) is 0 Å². The number of carbonyl (C=O) groups is 3. The summed E-state index contributed by atoms with van der Waals surface area (Å²) < 4.78 is 0. The Kier molecular flexibility index (Phi) is 7.79. The summed E-state index contributed by atoms with van der Waals surface area (Å²) >= 11 is 0. The van der Waals surface area contributed by atoms with Gasteiger partial charge in [-0.15, -0.1) is 0 Å². The SMILES string of the molecule is CC(C)(C)C(CCCCCC=O)C(=O)NNC(=O)O. The second-order valence-electron chi connectivity index (χ2n) is 5.64. The van der Waals surface area contributed by atoms with Crippen LogP contribution < -0.4 is 10.9 Å². The molecule has 0 aromatic rings. The van der Waals surface area contributed by atoms with Crippen LogP contribution in [0, 0.1) is 11.3 Å². The average molecular weight is 272 g/mol. The minimum Gasteiger partial charge on any atom is -0.464 e. The zero-order chi connectivity index (χ0) is 14.9. The third-order valence-electron chi connectivity index (χ3n) is 2.97. The topological polar surface area (TPSA) is 95.5 Å². The molecule has 3 N–H and O–H groups in total. The van der Waals surface area contributed by atoms with Crippen molar-refractivity contribution in [2.24, 2.45) is 11.3 Å². The Labute approximate surface area is 113 Å². The van der Waals surface area contributed by atoms with Crippen LogP contribution in [0.15, 0.2) is 0 Å². The maximum absolute atomic E-state index is 11.9. The fourth-order valence-electron chi connectivity index (χ4n) is 1.91. The molecular weight excluding hydrogens is 248 g/mol. The molecule has 110 valence electrons. The van der Waals surface area contributed by atoms with E-state index in [1.807, 2.05) is 26.2 Å². The lowest BCUT2D eigenvalue weighted by atomic mass is 9.77. The van der Waals surface area contributed by atoms with Gasteiger partial charge in [-0.3, -0.25) is 10.2 Å². The maximum atomic E-state index is 11.9. The van der Waals surface area contributed by atoms with Crippen molar-refractivity contribution in [1.29, 1.82) is 0 Å². The minimum atomic E-state index is -1.29. The predicted octanol–water partition coefficient (Wildman–Crippen LogP) is 2.10. The van der Waals surface area contributed by atoms with Crippen molar-refractivity contribution in [3.8, 4) is 0 Å². The highest BCUT2D eigenvalue weighted by Crippen LogP contribution is 2.30. The fraction of sp³-hybridized carbons (Fsp3) is 0.769. The number of carbonyl (C=O) groups excluding carboxylic acids is 2. The molecule has 6 nitrogen and oxygen atoms in total. The van der Waals surface area contributed by atoms with Gasteiger partial charge in [-0.05, 0) is 18.3 Å². The first-order valence-electron chi connectivity index (χ1n) is 6.51. The van der Waals surface area contributed by atoms with E-state index in [9.17, 15) is 14.4 Å². The van der Waals surface area contributed by atoms with E-state index < -0.39 is 6.09 Å². The summed E-state index contributed by atoms with van der Waals surface area (Å²) in [4.78, 5) is 32.5. The molecule has 1 atom stereocenters. The number of aldehydes is 1. The number of amides is 2. The van der Waals surface area contributed by atoms with Crippen LogP contribution >= 0.6 is 0 Å². The Morgan fingerprint density at radius 1 is 1.16 bits per heavy atom. The molecule has 0 aliphatic heterocycles. The smallest absolute Gasteiger partial charge is 0.423 e. The summed E-state index contributed by atoms with van der Waals surface area (Å²) in [5, 5.41) is 8.46. The van der Waals surface area contributed by atoms with Gasteiger partial charge in [0.2, 0.25) is 5.91 Å². The van der Waals surface area contributed by atoms with Gasteiger partial charge in [0, 0.05) is 12.3 Å². The summed E-state index contributed by atoms with van der Waals surface area (Å²) in [6.07, 6.45) is 3.40. The van der Waals surface area contributed by atoms with Crippen LogP contribution in [0.1, 0.15) is 52.9 Å². The molecule has 0 aliphatic carbocycles. The number of nitrogens with one attached hydrogen (secondary N) is 2. The number of unbranched alkanes of at least 4 members (excludes halogenated alkanes) is 3. The van der Waals surface area contributed by atoms with Gasteiger partial charge in [-0.1, -0.05) is 33.6 Å². The summed E-state index contributed by atoms with van der Waals surface area (Å²) in [6.45, 7) is 5.84. The Bertz CT molecular complexity index is 310. The van der Waals surface area contributed by atoms with Crippen molar-refractivity contribution in [2.45, 2.75) is 52.9 Å². The normalized spacial score (nSPS) is 12.6. The van der Waals surface area contributed by atoms with Crippen LogP contribution in [-0.4, -0.2) is 23.4 Å². The Morgan fingerprint density at radius 2 is 1.79 bits per heavy atom. The Hall–Kier alpha value is -1.59. The molecule has 0 bridgehead atoms. The first kappa shape index (κ1) is 17.4. The molecule has 1 unspecified atom stereocenters. The second-order valence-corrected chi connectivity index (χ2v) is 5.64. The molecule has 0 saturated carbocycles. The first-order valence-corrected chi connectivity index (χ1v) is 6.51. The molecule has 0 heterocycles. The number of hydrogen-bond acceptors (Lipinski definition) is 3. The van der Waals surface area contributed by atoms with Gasteiger partial charge in [0.25, 0.3) is 0 Å². The molecular formula is C13H24N2O4. The van der Waals surface area contributed by atoms with Crippen LogP contribution in [-0.2, 0) is 9.59 Å². The highest BCUT2D eigenvalue weighted by atomic mass is 16.4. The fourth-order valence-corrected chi connectivity index (χ4v) is 1.91. The molecule has 0 saturated heterocycles. The highest BCUT2D eigenvalue weighted by Gasteiger charge is 2.30. The van der Waals surface area contributed by atoms with Crippen LogP contribution in [0.25, 0.3) is 0 Å². The number of hydrazine groups is 1. The number of carboxylic acid groups (broad SMARTS) is 1. The van der Waals surface area contributed by atoms with Crippen molar-refractivity contribution in [1.82, 2.24) is 10.9 Å². The average Bonchev–Trinajstić information content (AvgIpc) is 2.29. The molecule has 19 heavy (non-hydrogen) atoms. The van der Waals surface area contributed by atoms with Crippen molar-refractivity contribution < 1.29 is 19.5 Å². The number of rotatable bonds is 7. The summed E-state index contributed by atoms with van der Waals surface area (Å²) in [6, 6.07) is 0. The molecule has 0 spiro atoms. The van der Waals surface area contributed by atoms with Gasteiger partial charge in [-0.2, -0.15) is 0 Å². The summed E-state index contributed by atoms with van der Waals surface area (Å²) in [5.74, 6) is -0.583. The first-order chi connectivity index (χ1) is 8.79. The summed E-state index contributed by atoms with van der Waals surface area (Å²) in [5.41, 5.74) is 3.83. The van der Waals surface area contributed by atoms with Gasteiger partial charge < -0.3 is 9.90 Å². The van der Waals surface area contributed by atoms with Crippen LogP contribution in [0.3, 0.4) is 0 Å². The Morgan fingerprint density at radius 3 is 2.26 bits per heavy atom. The zero-order valence-corrected chi connectivity index (χ0v) is 11.9. The molecule has 0 aromatic heterocycles. The zero-order valence-electron chi connectivity index (χ0n) is 11.9. The molecule has 0 fully saturated rings. The van der Waals surface area contributed by atoms with E-state index in [0.717, 1.165) is 25.5 Å². The standard InChI is InChI=1S/C13H24N2O4/c1-13(2,3)10(8-6-4-5-7-9-16)11(17)14-15-12(18)19/h9-10,15H,4-8H2,1-3H3,(H,14,17)(H,18,19). The van der Waals surface area contributed by atoms with Gasteiger partial charge >= 0.3 is 6.09 Å². The third-order valence-corrected chi connectivity index (χ3v) is 2.97. The van der Waals surface area contributed by atoms with Gasteiger partial charge in [0.05, 0.1) is 0 Å². The van der Waals surface area contributed by atoms with Gasteiger partial charge in [-0.25, -0.2) is 10.2 Å². The maximum Gasteiger partial charge on any atom is 0.423 e. The minimum absolute atomic E-state index is 0.241. The van der Waals surface area contributed by atoms with Crippen molar-refractivity contribution in [3.63, 3.8) is 0 Å². The van der Waals surface area contributed by atoms with Crippen molar-refractivity contribution in [2.75, 3.05) is 0 Å². The molecule has 2 amide bonds. The highest BCUT2D eigenvalue weighted by molar-refractivity contribution is 5.81. The van der Waals surface area contributed by atoms with Crippen LogP contribution in [0.4, 0.5) is 4.79 Å². The lowest BCUT2D eigenvalue weighted by molar-refractivity contribution is -0.129. The van der Waals surface area contributed by atoms with E-state index in [0.29, 0.717) is 12.8 Å². The summed E-state index contributed by atoms with van der Waals surface area (Å²) in [7, 11) is 0. The third kappa shape index (κ3) is 8.18. The number of hydrogen-bond donors (Lipinski definition) is 3. The van der Waals surface area contributed by atoms with Crippen molar-refractivity contribution in [3.05, 3.63) is 0 Å². The molecule has 0 rings (SSSR count).